The first-order chi connectivity index (χ1) is 7.40. The van der Waals surface area contributed by atoms with Gasteiger partial charge in [0.25, 0.3) is 0 Å². The van der Waals surface area contributed by atoms with Gasteiger partial charge in [0.1, 0.15) is 12.7 Å². The van der Waals surface area contributed by atoms with E-state index in [2.05, 4.69) is 46.1 Å². The smallest absolute Gasteiger partial charge is 0.162 e. The lowest BCUT2D eigenvalue weighted by atomic mass is 10.1. The summed E-state index contributed by atoms with van der Waals surface area (Å²) < 4.78 is 0. The Hall–Kier alpha value is -1.77. The van der Waals surface area contributed by atoms with E-state index in [-0.39, 0.29) is 0 Å². The summed E-state index contributed by atoms with van der Waals surface area (Å²) >= 11 is 0. The molecular weight excluding hydrogens is 186 g/mol. The van der Waals surface area contributed by atoms with E-state index in [1.165, 1.54) is 24.6 Å². The third-order valence-electron chi connectivity index (χ3n) is 2.24. The Labute approximate surface area is 89.2 Å². The van der Waals surface area contributed by atoms with Crippen molar-refractivity contribution < 1.29 is 0 Å². The average Bonchev–Trinajstić information content (AvgIpc) is 2.32. The minimum atomic E-state index is 0.730. The van der Waals surface area contributed by atoms with Gasteiger partial charge in [-0.3, -0.25) is 0 Å². The van der Waals surface area contributed by atoms with Crippen molar-refractivity contribution in [3.8, 4) is 11.4 Å². The lowest BCUT2D eigenvalue weighted by molar-refractivity contribution is 0.922. The zero-order chi connectivity index (χ0) is 10.5. The van der Waals surface area contributed by atoms with Crippen molar-refractivity contribution in [1.29, 1.82) is 0 Å². The van der Waals surface area contributed by atoms with Crippen LogP contribution in [0, 0.1) is 0 Å². The molecule has 2 rings (SSSR count). The summed E-state index contributed by atoms with van der Waals surface area (Å²) in [4.78, 5) is 12.0. The number of nitrogens with zero attached hydrogens (tertiary/aromatic N) is 3. The zero-order valence-electron chi connectivity index (χ0n) is 8.72. The minimum absolute atomic E-state index is 0.730. The molecule has 1 aromatic carbocycles. The van der Waals surface area contributed by atoms with Crippen LogP contribution in [0.4, 0.5) is 0 Å². The molecule has 0 amide bonds. The van der Waals surface area contributed by atoms with Gasteiger partial charge in [-0.15, -0.1) is 0 Å². The van der Waals surface area contributed by atoms with Gasteiger partial charge in [0.2, 0.25) is 0 Å². The molecule has 0 spiro atoms. The highest BCUT2D eigenvalue weighted by molar-refractivity contribution is 5.54. The number of aryl methyl sites for hydroxylation is 1. The summed E-state index contributed by atoms with van der Waals surface area (Å²) in [6, 6.07) is 8.37. The predicted molar refractivity (Wildman–Crippen MR) is 59.3 cm³/mol. The monoisotopic (exact) mass is 199 g/mol. The maximum absolute atomic E-state index is 4.10. The van der Waals surface area contributed by atoms with Crippen LogP contribution in [0.2, 0.25) is 0 Å². The second kappa shape index (κ2) is 4.64. The highest BCUT2D eigenvalue weighted by Crippen LogP contribution is 2.14. The standard InChI is InChI=1S/C12H13N3/c1-2-3-10-4-6-11(7-5-10)12-14-8-13-9-15-12/h4-9H,2-3H2,1H3. The van der Waals surface area contributed by atoms with Crippen molar-refractivity contribution in [3.05, 3.63) is 42.5 Å². The molecule has 0 bridgehead atoms. The third kappa shape index (κ3) is 2.37. The lowest BCUT2D eigenvalue weighted by Gasteiger charge is -2.01. The first-order valence-corrected chi connectivity index (χ1v) is 5.11. The summed E-state index contributed by atoms with van der Waals surface area (Å²) in [5.41, 5.74) is 2.40. The first-order valence-electron chi connectivity index (χ1n) is 5.11. The van der Waals surface area contributed by atoms with Gasteiger partial charge < -0.3 is 0 Å². The van der Waals surface area contributed by atoms with Gasteiger partial charge in [0.15, 0.2) is 5.82 Å². The Bertz CT molecular complexity index is 409. The molecule has 15 heavy (non-hydrogen) atoms. The van der Waals surface area contributed by atoms with Gasteiger partial charge >= 0.3 is 0 Å². The SMILES string of the molecule is CCCc1ccc(-c2ncncn2)cc1. The molecule has 1 aromatic heterocycles. The van der Waals surface area contributed by atoms with Gasteiger partial charge in [-0.2, -0.15) is 0 Å². The van der Waals surface area contributed by atoms with E-state index in [4.69, 9.17) is 0 Å². The molecule has 0 fully saturated rings. The molecule has 3 heteroatoms. The van der Waals surface area contributed by atoms with Crippen molar-refractivity contribution in [2.75, 3.05) is 0 Å². The van der Waals surface area contributed by atoms with Crippen LogP contribution in [0.5, 0.6) is 0 Å². The number of hydrogen-bond acceptors (Lipinski definition) is 3. The van der Waals surface area contributed by atoms with Crippen LogP contribution in [0.3, 0.4) is 0 Å². The predicted octanol–water partition coefficient (Wildman–Crippen LogP) is 2.49. The Balaban J connectivity index is 2.24. The van der Waals surface area contributed by atoms with Crippen molar-refractivity contribution in [2.45, 2.75) is 19.8 Å². The zero-order valence-corrected chi connectivity index (χ0v) is 8.72. The molecule has 0 unspecified atom stereocenters. The quantitative estimate of drug-likeness (QED) is 0.762. The molecule has 0 saturated carbocycles. The third-order valence-corrected chi connectivity index (χ3v) is 2.24. The summed E-state index contributed by atoms with van der Waals surface area (Å²) in [7, 11) is 0. The molecule has 2 aromatic rings. The van der Waals surface area contributed by atoms with Crippen LogP contribution >= 0.6 is 0 Å². The van der Waals surface area contributed by atoms with Crippen molar-refractivity contribution in [2.24, 2.45) is 0 Å². The van der Waals surface area contributed by atoms with Crippen LogP contribution in [0.1, 0.15) is 18.9 Å². The lowest BCUT2D eigenvalue weighted by Crippen LogP contribution is -1.89. The van der Waals surface area contributed by atoms with Crippen molar-refractivity contribution in [1.82, 2.24) is 15.0 Å². The second-order valence-electron chi connectivity index (χ2n) is 3.41. The van der Waals surface area contributed by atoms with Crippen LogP contribution < -0.4 is 0 Å². The second-order valence-corrected chi connectivity index (χ2v) is 3.41. The fourth-order valence-electron chi connectivity index (χ4n) is 1.50. The molecule has 0 radical (unpaired) electrons. The van der Waals surface area contributed by atoms with E-state index in [0.29, 0.717) is 0 Å². The molecule has 3 nitrogen and oxygen atoms in total. The highest BCUT2D eigenvalue weighted by atomic mass is 15.0. The molecule has 0 aliphatic carbocycles. The van der Waals surface area contributed by atoms with Crippen LogP contribution in [0.15, 0.2) is 36.9 Å². The van der Waals surface area contributed by atoms with Crippen LogP contribution in [0.25, 0.3) is 11.4 Å². The topological polar surface area (TPSA) is 38.7 Å². The van der Waals surface area contributed by atoms with Gasteiger partial charge in [0.05, 0.1) is 0 Å². The van der Waals surface area contributed by atoms with Gasteiger partial charge in [-0.05, 0) is 12.0 Å². The Morgan fingerprint density at radius 3 is 2.27 bits per heavy atom. The Kier molecular flexibility index (Phi) is 3.02. The molecule has 76 valence electrons. The number of benzene rings is 1. The minimum Gasteiger partial charge on any atom is -0.225 e. The average molecular weight is 199 g/mol. The van der Waals surface area contributed by atoms with Gasteiger partial charge in [-0.25, -0.2) is 15.0 Å². The van der Waals surface area contributed by atoms with E-state index >= 15 is 0 Å². The molecule has 1 heterocycles. The molecule has 0 aliphatic rings. The fourth-order valence-corrected chi connectivity index (χ4v) is 1.50. The highest BCUT2D eigenvalue weighted by Gasteiger charge is 1.99. The van der Waals surface area contributed by atoms with E-state index in [1.807, 2.05) is 0 Å². The maximum Gasteiger partial charge on any atom is 0.162 e. The molecular formula is C12H13N3. The normalized spacial score (nSPS) is 10.2. The summed E-state index contributed by atoms with van der Waals surface area (Å²) in [6.07, 6.45) is 5.33. The van der Waals surface area contributed by atoms with E-state index in [1.54, 1.807) is 0 Å². The Morgan fingerprint density at radius 2 is 1.67 bits per heavy atom. The van der Waals surface area contributed by atoms with E-state index in [0.717, 1.165) is 17.8 Å². The molecule has 0 saturated heterocycles. The maximum atomic E-state index is 4.10. The number of aromatic nitrogens is 3. The van der Waals surface area contributed by atoms with Crippen LogP contribution in [-0.2, 0) is 6.42 Å². The summed E-state index contributed by atoms with van der Waals surface area (Å²) in [6.45, 7) is 2.18. The molecule has 0 N–H and O–H groups in total. The van der Waals surface area contributed by atoms with E-state index in [9.17, 15) is 0 Å². The number of hydrogen-bond donors (Lipinski definition) is 0. The summed E-state index contributed by atoms with van der Waals surface area (Å²) in [5, 5.41) is 0. The fraction of sp³-hybridized carbons (Fsp3) is 0.250. The van der Waals surface area contributed by atoms with Crippen molar-refractivity contribution >= 4 is 0 Å². The largest absolute Gasteiger partial charge is 0.225 e. The van der Waals surface area contributed by atoms with Gasteiger partial charge in [0, 0.05) is 5.56 Å². The first kappa shape index (κ1) is 9.77. The Morgan fingerprint density at radius 1 is 1.00 bits per heavy atom. The van der Waals surface area contributed by atoms with E-state index < -0.39 is 0 Å². The summed E-state index contributed by atoms with van der Waals surface area (Å²) in [5.74, 6) is 0.730. The van der Waals surface area contributed by atoms with Gasteiger partial charge in [-0.1, -0.05) is 37.6 Å². The molecule has 0 atom stereocenters. The number of rotatable bonds is 3. The molecule has 0 aliphatic heterocycles. The van der Waals surface area contributed by atoms with Crippen LogP contribution in [-0.4, -0.2) is 15.0 Å². The van der Waals surface area contributed by atoms with Crippen molar-refractivity contribution in [3.63, 3.8) is 0 Å².